The van der Waals surface area contributed by atoms with Gasteiger partial charge in [-0.05, 0) is 30.3 Å². The van der Waals surface area contributed by atoms with Crippen LogP contribution in [0.15, 0.2) is 46.9 Å². The second-order valence-electron chi connectivity index (χ2n) is 3.66. The Bertz CT molecular complexity index is 708. The number of phenolic OH excluding ortho intramolecular Hbond substituents is 1. The Morgan fingerprint density at radius 2 is 2.00 bits per heavy atom. The van der Waals surface area contributed by atoms with Crippen molar-refractivity contribution in [2.24, 2.45) is 0 Å². The number of para-hydroxylation sites is 2. The van der Waals surface area contributed by atoms with Crippen molar-refractivity contribution in [3.05, 3.63) is 47.5 Å². The van der Waals surface area contributed by atoms with Crippen LogP contribution in [-0.4, -0.2) is 10.1 Å². The van der Waals surface area contributed by atoms with Gasteiger partial charge in [0.2, 0.25) is 0 Å². The molecule has 1 heterocycles. The van der Waals surface area contributed by atoms with E-state index >= 15 is 0 Å². The zero-order valence-electron chi connectivity index (χ0n) is 9.13. The smallest absolute Gasteiger partial charge is 0.400 e. The summed E-state index contributed by atoms with van der Waals surface area (Å²) in [7, 11) is 0. The van der Waals surface area contributed by atoms with E-state index in [2.05, 4.69) is 4.98 Å². The van der Waals surface area contributed by atoms with Crippen LogP contribution in [0.5, 0.6) is 17.6 Å². The predicted molar refractivity (Wildman–Crippen MR) is 67.2 cm³/mol. The standard InChI is InChI=1S/C13H8ClNO3/c14-8-5-6-11-9(7-8)15-13(17-11)18-12-4-2-1-3-10(12)16/h1-7,16H. The molecule has 0 atom stereocenters. The molecule has 0 aliphatic rings. The number of ether oxygens (including phenoxy) is 1. The van der Waals surface area contributed by atoms with E-state index < -0.39 is 0 Å². The van der Waals surface area contributed by atoms with E-state index in [-0.39, 0.29) is 17.6 Å². The SMILES string of the molecule is Oc1ccccc1Oc1nc2cc(Cl)ccc2o1. The van der Waals surface area contributed by atoms with Gasteiger partial charge in [-0.2, -0.15) is 4.98 Å². The van der Waals surface area contributed by atoms with E-state index in [0.717, 1.165) is 0 Å². The van der Waals surface area contributed by atoms with Crippen molar-refractivity contribution in [2.75, 3.05) is 0 Å². The van der Waals surface area contributed by atoms with Gasteiger partial charge in [0.15, 0.2) is 17.1 Å². The first-order valence-corrected chi connectivity index (χ1v) is 5.62. The maximum absolute atomic E-state index is 9.58. The Balaban J connectivity index is 1.98. The summed E-state index contributed by atoms with van der Waals surface area (Å²) in [5.41, 5.74) is 1.18. The number of hydrogen-bond donors (Lipinski definition) is 1. The fourth-order valence-electron chi connectivity index (χ4n) is 1.56. The summed E-state index contributed by atoms with van der Waals surface area (Å²) in [5, 5.41) is 10.1. The second kappa shape index (κ2) is 4.23. The number of fused-ring (bicyclic) bond motifs is 1. The van der Waals surface area contributed by atoms with E-state index in [1.165, 1.54) is 6.07 Å². The molecule has 0 radical (unpaired) electrons. The lowest BCUT2D eigenvalue weighted by Gasteiger charge is -2.01. The lowest BCUT2D eigenvalue weighted by Crippen LogP contribution is -1.83. The average Bonchev–Trinajstić information content (AvgIpc) is 2.73. The number of hydrogen-bond acceptors (Lipinski definition) is 4. The van der Waals surface area contributed by atoms with Gasteiger partial charge in [-0.3, -0.25) is 0 Å². The number of nitrogens with zero attached hydrogens (tertiary/aromatic N) is 1. The molecule has 3 rings (SSSR count). The quantitative estimate of drug-likeness (QED) is 0.758. The van der Waals surface area contributed by atoms with Crippen LogP contribution >= 0.6 is 11.6 Å². The summed E-state index contributed by atoms with van der Waals surface area (Å²) in [4.78, 5) is 4.13. The Kier molecular flexibility index (Phi) is 2.57. The van der Waals surface area contributed by atoms with Gasteiger partial charge in [0.1, 0.15) is 5.52 Å². The molecule has 0 bridgehead atoms. The zero-order valence-corrected chi connectivity index (χ0v) is 9.89. The van der Waals surface area contributed by atoms with Crippen LogP contribution < -0.4 is 4.74 Å². The third kappa shape index (κ3) is 1.98. The average molecular weight is 262 g/mol. The summed E-state index contributed by atoms with van der Waals surface area (Å²) in [6.07, 6.45) is 0.0637. The fourth-order valence-corrected chi connectivity index (χ4v) is 1.73. The third-order valence-corrected chi connectivity index (χ3v) is 2.63. The first-order chi connectivity index (χ1) is 8.72. The summed E-state index contributed by atoms with van der Waals surface area (Å²) >= 11 is 5.85. The number of rotatable bonds is 2. The van der Waals surface area contributed by atoms with Crippen molar-refractivity contribution in [3.63, 3.8) is 0 Å². The minimum atomic E-state index is 0.0257. The minimum Gasteiger partial charge on any atom is -0.504 e. The Morgan fingerprint density at radius 3 is 2.83 bits per heavy atom. The van der Waals surface area contributed by atoms with Crippen LogP contribution in [0.3, 0.4) is 0 Å². The van der Waals surface area contributed by atoms with Crippen LogP contribution in [0, 0.1) is 0 Å². The molecule has 0 aliphatic carbocycles. The number of aromatic hydroxyl groups is 1. The maximum atomic E-state index is 9.58. The van der Waals surface area contributed by atoms with Crippen molar-refractivity contribution in [1.82, 2.24) is 4.98 Å². The topological polar surface area (TPSA) is 55.5 Å². The van der Waals surface area contributed by atoms with Gasteiger partial charge >= 0.3 is 6.08 Å². The third-order valence-electron chi connectivity index (χ3n) is 2.39. The number of phenols is 1. The van der Waals surface area contributed by atoms with Crippen molar-refractivity contribution >= 4 is 22.7 Å². The van der Waals surface area contributed by atoms with Gasteiger partial charge in [0.25, 0.3) is 0 Å². The highest BCUT2D eigenvalue weighted by Crippen LogP contribution is 2.31. The second-order valence-corrected chi connectivity index (χ2v) is 4.10. The van der Waals surface area contributed by atoms with Crippen LogP contribution in [0.2, 0.25) is 5.02 Å². The molecule has 2 aromatic carbocycles. The van der Waals surface area contributed by atoms with Crippen molar-refractivity contribution < 1.29 is 14.3 Å². The van der Waals surface area contributed by atoms with Gasteiger partial charge in [0, 0.05) is 5.02 Å². The molecule has 0 aliphatic heterocycles. The highest BCUT2D eigenvalue weighted by molar-refractivity contribution is 6.31. The van der Waals surface area contributed by atoms with Gasteiger partial charge in [-0.25, -0.2) is 0 Å². The molecule has 3 aromatic rings. The largest absolute Gasteiger partial charge is 0.504 e. The Hall–Kier alpha value is -2.20. The van der Waals surface area contributed by atoms with E-state index in [0.29, 0.717) is 16.1 Å². The molecule has 18 heavy (non-hydrogen) atoms. The molecule has 0 fully saturated rings. The lowest BCUT2D eigenvalue weighted by molar-refractivity contribution is 0.325. The minimum absolute atomic E-state index is 0.0257. The van der Waals surface area contributed by atoms with Gasteiger partial charge in [-0.15, -0.1) is 0 Å². The van der Waals surface area contributed by atoms with Crippen LogP contribution in [0.1, 0.15) is 0 Å². The first kappa shape index (κ1) is 10.9. The monoisotopic (exact) mass is 261 g/mol. The molecule has 0 saturated carbocycles. The zero-order chi connectivity index (χ0) is 12.5. The lowest BCUT2D eigenvalue weighted by atomic mass is 10.3. The summed E-state index contributed by atoms with van der Waals surface area (Å²) in [6, 6.07) is 11.7. The van der Waals surface area contributed by atoms with E-state index in [9.17, 15) is 5.11 Å². The molecule has 5 heteroatoms. The molecule has 1 N–H and O–H groups in total. The number of aromatic nitrogens is 1. The summed E-state index contributed by atoms with van der Waals surface area (Å²) in [6.45, 7) is 0. The molecule has 0 unspecified atom stereocenters. The highest BCUT2D eigenvalue weighted by atomic mass is 35.5. The Labute approximate surface area is 107 Å². The molecule has 0 saturated heterocycles. The normalized spacial score (nSPS) is 10.7. The molecule has 4 nitrogen and oxygen atoms in total. The van der Waals surface area contributed by atoms with Crippen molar-refractivity contribution in [3.8, 4) is 17.6 Å². The van der Waals surface area contributed by atoms with Gasteiger partial charge < -0.3 is 14.3 Å². The highest BCUT2D eigenvalue weighted by Gasteiger charge is 2.10. The Morgan fingerprint density at radius 1 is 1.17 bits per heavy atom. The predicted octanol–water partition coefficient (Wildman–Crippen LogP) is 3.98. The van der Waals surface area contributed by atoms with Crippen LogP contribution in [-0.2, 0) is 0 Å². The molecule has 0 spiro atoms. The van der Waals surface area contributed by atoms with Crippen LogP contribution in [0.4, 0.5) is 0 Å². The molecular formula is C13H8ClNO3. The molecule has 1 aromatic heterocycles. The van der Waals surface area contributed by atoms with Crippen LogP contribution in [0.25, 0.3) is 11.1 Å². The number of halogens is 1. The van der Waals surface area contributed by atoms with Crippen molar-refractivity contribution in [2.45, 2.75) is 0 Å². The van der Waals surface area contributed by atoms with E-state index in [1.807, 2.05) is 0 Å². The molecule has 0 amide bonds. The van der Waals surface area contributed by atoms with E-state index in [1.54, 1.807) is 36.4 Å². The van der Waals surface area contributed by atoms with Gasteiger partial charge in [0.05, 0.1) is 0 Å². The summed E-state index contributed by atoms with van der Waals surface area (Å²) in [5.74, 6) is 0.313. The molecular weight excluding hydrogens is 254 g/mol. The summed E-state index contributed by atoms with van der Waals surface area (Å²) < 4.78 is 10.7. The van der Waals surface area contributed by atoms with E-state index in [4.69, 9.17) is 20.8 Å². The fraction of sp³-hybridized carbons (Fsp3) is 0. The van der Waals surface area contributed by atoms with Crippen molar-refractivity contribution in [1.29, 1.82) is 0 Å². The number of benzene rings is 2. The maximum Gasteiger partial charge on any atom is 0.400 e. The number of oxazole rings is 1. The van der Waals surface area contributed by atoms with Gasteiger partial charge in [-0.1, -0.05) is 23.7 Å². The first-order valence-electron chi connectivity index (χ1n) is 5.24. The molecule has 90 valence electrons.